The van der Waals surface area contributed by atoms with Crippen molar-refractivity contribution in [2.75, 3.05) is 17.7 Å². The van der Waals surface area contributed by atoms with E-state index < -0.39 is 5.95 Å². The lowest BCUT2D eigenvalue weighted by Crippen LogP contribution is -2.23. The molecule has 9 heteroatoms. The number of hydrogen-bond acceptors (Lipinski definition) is 7. The summed E-state index contributed by atoms with van der Waals surface area (Å²) in [4.78, 5) is 16.1. The first kappa shape index (κ1) is 21.6. The predicted molar refractivity (Wildman–Crippen MR) is 129 cm³/mol. The standard InChI is InChI=1S/C25H24FN7O/c1-34-20-11-15(16-8-10-21(26)28-13-16)7-9-19(20)31-25-32-23-22(17(12-27)14-29-23)24(33-25)30-18-5-3-2-4-6-18/h7-11,13-14,18H,2-6H2,1H3,(H3,29,30,31,32,33). The van der Waals surface area contributed by atoms with Gasteiger partial charge in [-0.1, -0.05) is 25.3 Å². The molecule has 1 aliphatic rings. The second-order valence-corrected chi connectivity index (χ2v) is 8.32. The fourth-order valence-electron chi connectivity index (χ4n) is 4.36. The normalized spacial score (nSPS) is 14.0. The first-order valence-corrected chi connectivity index (χ1v) is 11.3. The molecule has 0 atom stereocenters. The number of rotatable bonds is 6. The smallest absolute Gasteiger partial charge is 0.231 e. The summed E-state index contributed by atoms with van der Waals surface area (Å²) in [6.45, 7) is 0. The Morgan fingerprint density at radius 1 is 1.12 bits per heavy atom. The van der Waals surface area contributed by atoms with E-state index in [1.807, 2.05) is 18.2 Å². The number of ether oxygens (including phenoxy) is 1. The Hall–Kier alpha value is -4.19. The highest BCUT2D eigenvalue weighted by atomic mass is 19.1. The van der Waals surface area contributed by atoms with Crippen molar-refractivity contribution in [3.05, 3.63) is 54.2 Å². The number of nitrogens with one attached hydrogen (secondary N) is 3. The van der Waals surface area contributed by atoms with Crippen LogP contribution in [0.2, 0.25) is 0 Å². The molecule has 1 saturated carbocycles. The van der Waals surface area contributed by atoms with Gasteiger partial charge >= 0.3 is 0 Å². The molecule has 4 aromatic rings. The van der Waals surface area contributed by atoms with Crippen LogP contribution in [0.3, 0.4) is 0 Å². The lowest BCUT2D eigenvalue weighted by molar-refractivity contribution is 0.417. The number of anilines is 3. The summed E-state index contributed by atoms with van der Waals surface area (Å²) in [7, 11) is 1.58. The third-order valence-corrected chi connectivity index (χ3v) is 6.11. The monoisotopic (exact) mass is 457 g/mol. The molecule has 3 heterocycles. The van der Waals surface area contributed by atoms with Crippen molar-refractivity contribution in [2.45, 2.75) is 38.1 Å². The summed E-state index contributed by atoms with van der Waals surface area (Å²) in [6.07, 6.45) is 8.91. The van der Waals surface area contributed by atoms with Crippen molar-refractivity contribution in [1.29, 1.82) is 5.26 Å². The minimum absolute atomic E-state index is 0.319. The number of methoxy groups -OCH3 is 1. The molecule has 1 aromatic carbocycles. The van der Waals surface area contributed by atoms with E-state index in [9.17, 15) is 9.65 Å². The number of halogens is 1. The molecule has 172 valence electrons. The van der Waals surface area contributed by atoms with E-state index in [0.717, 1.165) is 24.0 Å². The summed E-state index contributed by atoms with van der Waals surface area (Å²) < 4.78 is 18.8. The van der Waals surface area contributed by atoms with E-state index in [1.54, 1.807) is 19.4 Å². The molecular weight excluding hydrogens is 433 g/mol. The van der Waals surface area contributed by atoms with Crippen LogP contribution in [0.4, 0.5) is 21.8 Å². The largest absolute Gasteiger partial charge is 0.495 e. The summed E-state index contributed by atoms with van der Waals surface area (Å²) in [5, 5.41) is 17.0. The average molecular weight is 458 g/mol. The molecule has 3 N–H and O–H groups in total. The SMILES string of the molecule is COc1cc(-c2ccc(F)nc2)ccc1Nc1nc(NC2CCCCC2)c2c(C#N)c[nH]c2n1. The maximum atomic E-state index is 13.2. The zero-order chi connectivity index (χ0) is 23.5. The second kappa shape index (κ2) is 9.35. The van der Waals surface area contributed by atoms with Gasteiger partial charge in [0.1, 0.15) is 23.3 Å². The molecule has 0 bridgehead atoms. The lowest BCUT2D eigenvalue weighted by atomic mass is 9.95. The van der Waals surface area contributed by atoms with Gasteiger partial charge in [0.2, 0.25) is 11.9 Å². The molecular formula is C25H24FN7O. The molecule has 1 aliphatic carbocycles. The summed E-state index contributed by atoms with van der Waals surface area (Å²) in [5.41, 5.74) is 3.39. The number of nitrogens with zero attached hydrogens (tertiary/aromatic N) is 4. The molecule has 1 fully saturated rings. The van der Waals surface area contributed by atoms with Gasteiger partial charge in [0.05, 0.1) is 23.7 Å². The Bertz CT molecular complexity index is 1350. The molecule has 3 aromatic heterocycles. The maximum Gasteiger partial charge on any atom is 0.231 e. The third-order valence-electron chi connectivity index (χ3n) is 6.11. The van der Waals surface area contributed by atoms with E-state index in [2.05, 4.69) is 31.7 Å². The van der Waals surface area contributed by atoms with Gasteiger partial charge in [0.25, 0.3) is 0 Å². The highest BCUT2D eigenvalue weighted by molar-refractivity contribution is 5.93. The van der Waals surface area contributed by atoms with Gasteiger partial charge in [-0.15, -0.1) is 0 Å². The molecule has 5 rings (SSSR count). The zero-order valence-electron chi connectivity index (χ0n) is 18.7. The Morgan fingerprint density at radius 2 is 1.94 bits per heavy atom. The van der Waals surface area contributed by atoms with E-state index in [1.165, 1.54) is 31.5 Å². The van der Waals surface area contributed by atoms with Crippen LogP contribution in [0, 0.1) is 17.3 Å². The van der Waals surface area contributed by atoms with Crippen LogP contribution < -0.4 is 15.4 Å². The number of pyridine rings is 1. The minimum Gasteiger partial charge on any atom is -0.495 e. The topological polar surface area (TPSA) is 112 Å². The molecule has 34 heavy (non-hydrogen) atoms. The van der Waals surface area contributed by atoms with Crippen molar-refractivity contribution in [1.82, 2.24) is 19.9 Å². The first-order valence-electron chi connectivity index (χ1n) is 11.3. The van der Waals surface area contributed by atoms with Gasteiger partial charge in [-0.3, -0.25) is 0 Å². The molecule has 0 amide bonds. The maximum absolute atomic E-state index is 13.2. The molecule has 0 aliphatic heterocycles. The minimum atomic E-state index is -0.525. The molecule has 0 spiro atoms. The summed E-state index contributed by atoms with van der Waals surface area (Å²) in [6, 6.07) is 11.1. The van der Waals surface area contributed by atoms with Crippen molar-refractivity contribution < 1.29 is 9.13 Å². The van der Waals surface area contributed by atoms with Gasteiger partial charge in [0, 0.05) is 24.0 Å². The quantitative estimate of drug-likeness (QED) is 0.327. The van der Waals surface area contributed by atoms with Crippen molar-refractivity contribution in [2.24, 2.45) is 0 Å². The van der Waals surface area contributed by atoms with Crippen LogP contribution >= 0.6 is 0 Å². The number of H-pyrrole nitrogens is 1. The fourth-order valence-corrected chi connectivity index (χ4v) is 4.36. The Morgan fingerprint density at radius 3 is 2.68 bits per heavy atom. The van der Waals surface area contributed by atoms with Gasteiger partial charge in [0.15, 0.2) is 0 Å². The molecule has 0 unspecified atom stereocenters. The van der Waals surface area contributed by atoms with E-state index in [0.29, 0.717) is 45.8 Å². The second-order valence-electron chi connectivity index (χ2n) is 8.32. The predicted octanol–water partition coefficient (Wildman–Crippen LogP) is 5.53. The molecule has 0 radical (unpaired) electrons. The van der Waals surface area contributed by atoms with Crippen LogP contribution in [0.15, 0.2) is 42.7 Å². The Labute approximate surface area is 196 Å². The highest BCUT2D eigenvalue weighted by Crippen LogP contribution is 2.34. The lowest BCUT2D eigenvalue weighted by Gasteiger charge is -2.24. The third kappa shape index (κ3) is 4.35. The van der Waals surface area contributed by atoms with Crippen LogP contribution in [0.1, 0.15) is 37.7 Å². The number of aromatic nitrogens is 4. The first-order chi connectivity index (χ1) is 16.6. The van der Waals surface area contributed by atoms with Gasteiger partial charge in [-0.25, -0.2) is 4.98 Å². The van der Waals surface area contributed by atoms with Crippen LogP contribution in [-0.2, 0) is 0 Å². The average Bonchev–Trinajstić information content (AvgIpc) is 3.29. The van der Waals surface area contributed by atoms with Gasteiger partial charge < -0.3 is 20.4 Å². The van der Waals surface area contributed by atoms with Gasteiger partial charge in [-0.2, -0.15) is 19.6 Å². The van der Waals surface area contributed by atoms with Crippen molar-refractivity contribution in [3.63, 3.8) is 0 Å². The van der Waals surface area contributed by atoms with E-state index in [4.69, 9.17) is 9.72 Å². The number of hydrogen-bond donors (Lipinski definition) is 3. The number of aromatic amines is 1. The van der Waals surface area contributed by atoms with Crippen molar-refractivity contribution >= 4 is 28.5 Å². The van der Waals surface area contributed by atoms with Gasteiger partial charge in [-0.05, 0) is 42.7 Å². The fraction of sp³-hybridized carbons (Fsp3) is 0.280. The molecule has 8 nitrogen and oxygen atoms in total. The highest BCUT2D eigenvalue weighted by Gasteiger charge is 2.19. The Balaban J connectivity index is 1.48. The van der Waals surface area contributed by atoms with Crippen LogP contribution in [0.25, 0.3) is 22.2 Å². The number of nitriles is 1. The van der Waals surface area contributed by atoms with E-state index >= 15 is 0 Å². The number of fused-ring (bicyclic) bond motifs is 1. The number of benzene rings is 1. The summed E-state index contributed by atoms with van der Waals surface area (Å²) in [5.74, 6) is 1.08. The van der Waals surface area contributed by atoms with Crippen molar-refractivity contribution in [3.8, 4) is 22.9 Å². The zero-order valence-corrected chi connectivity index (χ0v) is 18.7. The molecule has 0 saturated heterocycles. The van der Waals surface area contributed by atoms with E-state index in [-0.39, 0.29) is 0 Å². The van der Waals surface area contributed by atoms with Crippen LogP contribution in [0.5, 0.6) is 5.75 Å². The Kier molecular flexibility index (Phi) is 5.95. The summed E-state index contributed by atoms with van der Waals surface area (Å²) >= 11 is 0. The van der Waals surface area contributed by atoms with Crippen LogP contribution in [-0.4, -0.2) is 33.1 Å².